The number of hydrogen-bond donors (Lipinski definition) is 0. The number of halogens is 1. The van der Waals surface area contributed by atoms with E-state index in [2.05, 4.69) is 57.1 Å². The lowest BCUT2D eigenvalue weighted by atomic mass is 10.1. The first-order valence-electron chi connectivity index (χ1n) is 6.64. The Balaban J connectivity index is 1.77. The standard InChI is InChI=1S/C18H13IN2/c19-16-8-12-18(13-9-16)21-20-17-10-6-15(7-11-17)14-4-2-1-3-5-14/h1-13H. The summed E-state index contributed by atoms with van der Waals surface area (Å²) in [5, 5.41) is 8.51. The average molecular weight is 384 g/mol. The van der Waals surface area contributed by atoms with Gasteiger partial charge in [0.05, 0.1) is 11.4 Å². The van der Waals surface area contributed by atoms with Crippen molar-refractivity contribution >= 4 is 34.0 Å². The van der Waals surface area contributed by atoms with Crippen LogP contribution in [0, 0.1) is 3.57 Å². The smallest absolute Gasteiger partial charge is 0.0857 e. The summed E-state index contributed by atoms with van der Waals surface area (Å²) in [4.78, 5) is 0. The van der Waals surface area contributed by atoms with Gasteiger partial charge in [-0.25, -0.2) is 0 Å². The second kappa shape index (κ2) is 6.63. The van der Waals surface area contributed by atoms with Crippen molar-refractivity contribution in [3.05, 3.63) is 82.4 Å². The molecule has 0 radical (unpaired) electrons. The lowest BCUT2D eigenvalue weighted by Gasteiger charge is -2.01. The van der Waals surface area contributed by atoms with Crippen LogP contribution < -0.4 is 0 Å². The van der Waals surface area contributed by atoms with Crippen LogP contribution in [0.5, 0.6) is 0 Å². The fourth-order valence-electron chi connectivity index (χ4n) is 1.97. The lowest BCUT2D eigenvalue weighted by Crippen LogP contribution is -1.75. The molecule has 0 aromatic heterocycles. The molecule has 21 heavy (non-hydrogen) atoms. The van der Waals surface area contributed by atoms with Gasteiger partial charge in [0.15, 0.2) is 0 Å². The minimum Gasteiger partial charge on any atom is -0.151 e. The molecule has 0 amide bonds. The number of hydrogen-bond acceptors (Lipinski definition) is 2. The Hall–Kier alpha value is -2.01. The van der Waals surface area contributed by atoms with E-state index in [0.29, 0.717) is 0 Å². The van der Waals surface area contributed by atoms with E-state index in [0.717, 1.165) is 11.4 Å². The topological polar surface area (TPSA) is 24.7 Å². The second-order valence-corrected chi connectivity index (χ2v) is 5.83. The summed E-state index contributed by atoms with van der Waals surface area (Å²) in [5.41, 5.74) is 4.11. The molecule has 0 aliphatic rings. The van der Waals surface area contributed by atoms with Crippen molar-refractivity contribution in [3.63, 3.8) is 0 Å². The number of nitrogens with zero attached hydrogens (tertiary/aromatic N) is 2. The maximum Gasteiger partial charge on any atom is 0.0857 e. The minimum atomic E-state index is 0.855. The predicted molar refractivity (Wildman–Crippen MR) is 95.2 cm³/mol. The molecular weight excluding hydrogens is 371 g/mol. The van der Waals surface area contributed by atoms with Gasteiger partial charge in [0.2, 0.25) is 0 Å². The van der Waals surface area contributed by atoms with Gasteiger partial charge >= 0.3 is 0 Å². The van der Waals surface area contributed by atoms with E-state index in [-0.39, 0.29) is 0 Å². The highest BCUT2D eigenvalue weighted by atomic mass is 127. The summed E-state index contributed by atoms with van der Waals surface area (Å²) in [7, 11) is 0. The molecule has 0 unspecified atom stereocenters. The third-order valence-corrected chi connectivity index (χ3v) is 3.80. The molecule has 0 saturated heterocycles. The van der Waals surface area contributed by atoms with Gasteiger partial charge in [-0.15, -0.1) is 0 Å². The van der Waals surface area contributed by atoms with Crippen molar-refractivity contribution in [3.8, 4) is 11.1 Å². The normalized spacial score (nSPS) is 10.9. The van der Waals surface area contributed by atoms with Crippen molar-refractivity contribution in [1.29, 1.82) is 0 Å². The van der Waals surface area contributed by atoms with Gasteiger partial charge in [-0.2, -0.15) is 10.2 Å². The Morgan fingerprint density at radius 2 is 1.00 bits per heavy atom. The van der Waals surface area contributed by atoms with Gasteiger partial charge < -0.3 is 0 Å². The zero-order valence-corrected chi connectivity index (χ0v) is 13.4. The van der Waals surface area contributed by atoms with Crippen molar-refractivity contribution in [2.24, 2.45) is 10.2 Å². The van der Waals surface area contributed by atoms with Gasteiger partial charge in [-0.1, -0.05) is 42.5 Å². The van der Waals surface area contributed by atoms with Crippen LogP contribution in [0.15, 0.2) is 89.1 Å². The van der Waals surface area contributed by atoms with E-state index in [9.17, 15) is 0 Å². The average Bonchev–Trinajstić information content (AvgIpc) is 2.56. The molecule has 0 aliphatic heterocycles. The van der Waals surface area contributed by atoms with Crippen LogP contribution in [0.2, 0.25) is 0 Å². The fourth-order valence-corrected chi connectivity index (χ4v) is 2.33. The first-order valence-corrected chi connectivity index (χ1v) is 7.72. The van der Waals surface area contributed by atoms with Crippen LogP contribution in [0.1, 0.15) is 0 Å². The maximum absolute atomic E-state index is 4.26. The Morgan fingerprint density at radius 3 is 1.57 bits per heavy atom. The molecule has 0 saturated carbocycles. The van der Waals surface area contributed by atoms with Gasteiger partial charge in [-0.05, 0) is 70.1 Å². The molecule has 3 rings (SSSR count). The second-order valence-electron chi connectivity index (χ2n) is 4.59. The number of rotatable bonds is 3. The predicted octanol–water partition coefficient (Wildman–Crippen LogP) is 6.37. The molecule has 0 bridgehead atoms. The molecule has 3 heteroatoms. The number of azo groups is 1. The van der Waals surface area contributed by atoms with Crippen LogP contribution >= 0.6 is 22.6 Å². The largest absolute Gasteiger partial charge is 0.151 e. The first kappa shape index (κ1) is 13.9. The lowest BCUT2D eigenvalue weighted by molar-refractivity contribution is 1.23. The van der Waals surface area contributed by atoms with E-state index < -0.39 is 0 Å². The third-order valence-electron chi connectivity index (χ3n) is 3.08. The molecule has 102 valence electrons. The third kappa shape index (κ3) is 3.76. The molecule has 0 fully saturated rings. The zero-order chi connectivity index (χ0) is 14.5. The molecule has 0 atom stereocenters. The van der Waals surface area contributed by atoms with E-state index in [1.54, 1.807) is 0 Å². The van der Waals surface area contributed by atoms with Crippen LogP contribution in [-0.2, 0) is 0 Å². The molecule has 0 heterocycles. The highest BCUT2D eigenvalue weighted by molar-refractivity contribution is 14.1. The molecule has 3 aromatic rings. The number of benzene rings is 3. The van der Waals surface area contributed by atoms with Gasteiger partial charge in [0.25, 0.3) is 0 Å². The van der Waals surface area contributed by atoms with Crippen LogP contribution in [0.25, 0.3) is 11.1 Å². The molecule has 3 aromatic carbocycles. The summed E-state index contributed by atoms with van der Waals surface area (Å²) in [6.07, 6.45) is 0. The van der Waals surface area contributed by atoms with E-state index >= 15 is 0 Å². The first-order chi connectivity index (χ1) is 10.3. The quantitative estimate of drug-likeness (QED) is 0.370. The van der Waals surface area contributed by atoms with Crippen LogP contribution in [0.4, 0.5) is 11.4 Å². The maximum atomic E-state index is 4.26. The fraction of sp³-hybridized carbons (Fsp3) is 0. The van der Waals surface area contributed by atoms with Gasteiger partial charge in [0.1, 0.15) is 0 Å². The Kier molecular flexibility index (Phi) is 4.40. The summed E-state index contributed by atoms with van der Waals surface area (Å²) in [5.74, 6) is 0. The monoisotopic (exact) mass is 384 g/mol. The molecule has 2 nitrogen and oxygen atoms in total. The van der Waals surface area contributed by atoms with Crippen molar-refractivity contribution in [1.82, 2.24) is 0 Å². The van der Waals surface area contributed by atoms with E-state index in [4.69, 9.17) is 0 Å². The minimum absolute atomic E-state index is 0.855. The van der Waals surface area contributed by atoms with E-state index in [1.807, 2.05) is 54.6 Å². The van der Waals surface area contributed by atoms with Gasteiger partial charge in [-0.3, -0.25) is 0 Å². The summed E-state index contributed by atoms with van der Waals surface area (Å²) >= 11 is 2.27. The van der Waals surface area contributed by atoms with E-state index in [1.165, 1.54) is 14.7 Å². The SMILES string of the molecule is Ic1ccc(N=Nc2ccc(-c3ccccc3)cc2)cc1. The zero-order valence-electron chi connectivity index (χ0n) is 11.3. The Bertz CT molecular complexity index is 732. The highest BCUT2D eigenvalue weighted by Crippen LogP contribution is 2.24. The van der Waals surface area contributed by atoms with Gasteiger partial charge in [0, 0.05) is 3.57 Å². The van der Waals surface area contributed by atoms with Crippen molar-refractivity contribution < 1.29 is 0 Å². The van der Waals surface area contributed by atoms with Crippen LogP contribution in [0.3, 0.4) is 0 Å². The summed E-state index contributed by atoms with van der Waals surface area (Å²) < 4.78 is 1.19. The molecule has 0 aliphatic carbocycles. The summed E-state index contributed by atoms with van der Waals surface area (Å²) in [6, 6.07) is 26.4. The van der Waals surface area contributed by atoms with Crippen molar-refractivity contribution in [2.45, 2.75) is 0 Å². The molecular formula is C18H13IN2. The van der Waals surface area contributed by atoms with Crippen LogP contribution in [-0.4, -0.2) is 0 Å². The van der Waals surface area contributed by atoms with Crippen molar-refractivity contribution in [2.75, 3.05) is 0 Å². The highest BCUT2D eigenvalue weighted by Gasteiger charge is 1.96. The molecule has 0 spiro atoms. The molecule has 0 N–H and O–H groups in total. The summed E-state index contributed by atoms with van der Waals surface area (Å²) in [6.45, 7) is 0. The Labute approximate surface area is 137 Å². The Morgan fingerprint density at radius 1 is 0.524 bits per heavy atom.